The predicted octanol–water partition coefficient (Wildman–Crippen LogP) is 5.27. The monoisotopic (exact) mass is 478 g/mol. The fraction of sp³-hybridized carbons (Fsp3) is 0.138. The van der Waals surface area contributed by atoms with Gasteiger partial charge in [-0.25, -0.2) is 4.39 Å². The van der Waals surface area contributed by atoms with Crippen LogP contribution in [0.2, 0.25) is 0 Å². The summed E-state index contributed by atoms with van der Waals surface area (Å²) in [6.07, 6.45) is 9.33. The van der Waals surface area contributed by atoms with E-state index >= 15 is 0 Å². The number of anilines is 1. The summed E-state index contributed by atoms with van der Waals surface area (Å²) in [5.74, 6) is -0.296. The molecular weight excluding hydrogens is 451 g/mol. The maximum atomic E-state index is 13.9. The molecule has 4 aromatic heterocycles. The molecule has 1 aromatic carbocycles. The quantitative estimate of drug-likeness (QED) is 0.311. The van der Waals surface area contributed by atoms with Gasteiger partial charge in [-0.2, -0.15) is 5.10 Å². The van der Waals surface area contributed by atoms with Gasteiger partial charge in [-0.1, -0.05) is 24.8 Å². The van der Waals surface area contributed by atoms with Crippen LogP contribution >= 0.6 is 0 Å². The molecule has 0 amide bonds. The molecule has 7 heteroatoms. The minimum absolute atomic E-state index is 0.296. The lowest BCUT2D eigenvalue weighted by Crippen LogP contribution is -2.23. The topological polar surface area (TPSA) is 82.3 Å². The van der Waals surface area contributed by atoms with Crippen LogP contribution in [-0.2, 0) is 0 Å². The summed E-state index contributed by atoms with van der Waals surface area (Å²) in [6.45, 7) is 10.4. The molecule has 36 heavy (non-hydrogen) atoms. The number of aromatic amines is 2. The molecule has 0 fully saturated rings. The van der Waals surface area contributed by atoms with E-state index in [9.17, 15) is 4.39 Å². The van der Waals surface area contributed by atoms with E-state index in [4.69, 9.17) is 0 Å². The molecule has 0 bridgehead atoms. The SMILES string of the molecule is C=C(/C=c1/c(-c2cc3c(-c4cccc(F)c4)nccc3[nH]2)n[nH]/c1=C/C)c1cncc(NC(C)C)c1. The number of hydrogen-bond acceptors (Lipinski definition) is 4. The lowest BCUT2D eigenvalue weighted by atomic mass is 10.1. The van der Waals surface area contributed by atoms with Gasteiger partial charge in [0.2, 0.25) is 0 Å². The number of halogens is 1. The molecule has 0 aliphatic carbocycles. The Morgan fingerprint density at radius 3 is 2.75 bits per heavy atom. The molecule has 0 saturated heterocycles. The summed E-state index contributed by atoms with van der Waals surface area (Å²) in [7, 11) is 0. The van der Waals surface area contributed by atoms with E-state index in [1.54, 1.807) is 24.7 Å². The molecule has 0 atom stereocenters. The Bertz CT molecular complexity index is 1690. The van der Waals surface area contributed by atoms with Gasteiger partial charge in [0.1, 0.15) is 11.5 Å². The standard InChI is InChI=1S/C29H27FN6/c1-5-25-23(11-18(4)20-13-22(16-31-15-20)33-17(2)3)29(36-35-25)27-14-24-26(34-27)9-10-32-28(24)19-7-6-8-21(30)12-19/h5-17,33-35H,4H2,1-3H3/b23-11+,25-5+. The van der Waals surface area contributed by atoms with Gasteiger partial charge in [0.15, 0.2) is 0 Å². The number of rotatable bonds is 6. The molecule has 4 heterocycles. The lowest BCUT2D eigenvalue weighted by molar-refractivity contribution is 0.628. The number of pyridine rings is 2. The van der Waals surface area contributed by atoms with Gasteiger partial charge < -0.3 is 10.3 Å². The van der Waals surface area contributed by atoms with Crippen LogP contribution in [0.5, 0.6) is 0 Å². The number of nitrogens with one attached hydrogen (secondary N) is 3. The summed E-state index contributed by atoms with van der Waals surface area (Å²) in [5, 5.41) is 13.8. The fourth-order valence-corrected chi connectivity index (χ4v) is 4.27. The smallest absolute Gasteiger partial charge is 0.123 e. The first-order valence-electron chi connectivity index (χ1n) is 11.8. The molecule has 0 spiro atoms. The summed E-state index contributed by atoms with van der Waals surface area (Å²) in [6, 6.07) is 12.7. The molecule has 0 aliphatic heterocycles. The van der Waals surface area contributed by atoms with Crippen molar-refractivity contribution in [3.63, 3.8) is 0 Å². The minimum Gasteiger partial charge on any atom is -0.382 e. The molecule has 0 radical (unpaired) electrons. The van der Waals surface area contributed by atoms with Gasteiger partial charge in [0, 0.05) is 51.9 Å². The van der Waals surface area contributed by atoms with Crippen molar-refractivity contribution in [2.45, 2.75) is 26.8 Å². The molecule has 0 unspecified atom stereocenters. The van der Waals surface area contributed by atoms with E-state index in [-0.39, 0.29) is 5.82 Å². The van der Waals surface area contributed by atoms with Crippen molar-refractivity contribution < 1.29 is 4.39 Å². The van der Waals surface area contributed by atoms with Gasteiger partial charge in [-0.05, 0) is 62.8 Å². The average molecular weight is 479 g/mol. The maximum Gasteiger partial charge on any atom is 0.123 e. The van der Waals surface area contributed by atoms with Gasteiger partial charge in [0.05, 0.1) is 22.4 Å². The van der Waals surface area contributed by atoms with Crippen molar-refractivity contribution in [3.05, 3.63) is 89.6 Å². The van der Waals surface area contributed by atoms with E-state index in [1.807, 2.05) is 43.3 Å². The van der Waals surface area contributed by atoms with Crippen molar-refractivity contribution in [2.75, 3.05) is 5.32 Å². The first-order valence-corrected chi connectivity index (χ1v) is 11.8. The highest BCUT2D eigenvalue weighted by Crippen LogP contribution is 2.29. The Balaban J connectivity index is 1.61. The third-order valence-corrected chi connectivity index (χ3v) is 5.91. The van der Waals surface area contributed by atoms with E-state index in [0.717, 1.165) is 55.2 Å². The Kier molecular flexibility index (Phi) is 6.21. The zero-order valence-corrected chi connectivity index (χ0v) is 20.4. The van der Waals surface area contributed by atoms with Crippen LogP contribution in [0, 0.1) is 5.82 Å². The second-order valence-electron chi connectivity index (χ2n) is 8.93. The van der Waals surface area contributed by atoms with Gasteiger partial charge in [0.25, 0.3) is 0 Å². The second-order valence-corrected chi connectivity index (χ2v) is 8.93. The van der Waals surface area contributed by atoms with Gasteiger partial charge in [-0.15, -0.1) is 0 Å². The molecular formula is C29H27FN6. The Morgan fingerprint density at radius 2 is 1.97 bits per heavy atom. The zero-order valence-electron chi connectivity index (χ0n) is 20.4. The van der Waals surface area contributed by atoms with E-state index in [2.05, 4.69) is 50.9 Å². The molecule has 5 aromatic rings. The lowest BCUT2D eigenvalue weighted by Gasteiger charge is -2.10. The van der Waals surface area contributed by atoms with Crippen LogP contribution in [0.25, 0.3) is 51.3 Å². The highest BCUT2D eigenvalue weighted by Gasteiger charge is 2.14. The molecule has 180 valence electrons. The van der Waals surface area contributed by atoms with E-state index < -0.39 is 0 Å². The predicted molar refractivity (Wildman–Crippen MR) is 145 cm³/mol. The normalized spacial score (nSPS) is 12.6. The van der Waals surface area contributed by atoms with Crippen molar-refractivity contribution in [3.8, 4) is 22.6 Å². The number of fused-ring (bicyclic) bond motifs is 1. The fourth-order valence-electron chi connectivity index (χ4n) is 4.27. The Hall–Kier alpha value is -4.52. The Morgan fingerprint density at radius 1 is 1.11 bits per heavy atom. The van der Waals surface area contributed by atoms with E-state index in [0.29, 0.717) is 11.7 Å². The summed E-state index contributed by atoms with van der Waals surface area (Å²) >= 11 is 0. The summed E-state index contributed by atoms with van der Waals surface area (Å²) < 4.78 is 13.9. The number of allylic oxidation sites excluding steroid dienone is 1. The van der Waals surface area contributed by atoms with Crippen molar-refractivity contribution in [2.24, 2.45) is 0 Å². The highest BCUT2D eigenvalue weighted by molar-refractivity contribution is 5.96. The summed E-state index contributed by atoms with van der Waals surface area (Å²) in [4.78, 5) is 12.4. The van der Waals surface area contributed by atoms with Crippen LogP contribution in [0.4, 0.5) is 10.1 Å². The Labute approximate surface area is 208 Å². The van der Waals surface area contributed by atoms with Crippen molar-refractivity contribution in [1.29, 1.82) is 0 Å². The first-order chi connectivity index (χ1) is 17.4. The first kappa shape index (κ1) is 23.2. The third-order valence-electron chi connectivity index (χ3n) is 5.91. The number of H-pyrrole nitrogens is 2. The van der Waals surface area contributed by atoms with Crippen LogP contribution < -0.4 is 15.9 Å². The minimum atomic E-state index is -0.296. The van der Waals surface area contributed by atoms with Crippen molar-refractivity contribution >= 4 is 34.3 Å². The average Bonchev–Trinajstić information content (AvgIpc) is 3.47. The van der Waals surface area contributed by atoms with Crippen molar-refractivity contribution in [1.82, 2.24) is 25.1 Å². The molecule has 3 N–H and O–H groups in total. The molecule has 6 nitrogen and oxygen atoms in total. The van der Waals surface area contributed by atoms with Gasteiger partial charge in [-0.3, -0.25) is 15.1 Å². The van der Waals surface area contributed by atoms with Crippen LogP contribution in [-0.4, -0.2) is 31.2 Å². The zero-order chi connectivity index (χ0) is 25.2. The molecule has 5 rings (SSSR count). The van der Waals surface area contributed by atoms with E-state index in [1.165, 1.54) is 12.1 Å². The largest absolute Gasteiger partial charge is 0.382 e. The molecule has 0 aliphatic rings. The van der Waals surface area contributed by atoms with Crippen LogP contribution in [0.15, 0.2) is 67.6 Å². The number of nitrogens with zero attached hydrogens (tertiary/aromatic N) is 3. The van der Waals surface area contributed by atoms with Crippen LogP contribution in [0.1, 0.15) is 26.3 Å². The summed E-state index contributed by atoms with van der Waals surface area (Å²) in [5.41, 5.74) is 6.59. The third kappa shape index (κ3) is 4.55. The maximum absolute atomic E-state index is 13.9. The highest BCUT2D eigenvalue weighted by atomic mass is 19.1. The molecule has 0 saturated carbocycles. The number of benzene rings is 1. The number of aromatic nitrogens is 5. The van der Waals surface area contributed by atoms with Crippen LogP contribution in [0.3, 0.4) is 0 Å². The second kappa shape index (κ2) is 9.62. The van der Waals surface area contributed by atoms with Gasteiger partial charge >= 0.3 is 0 Å². The number of hydrogen-bond donors (Lipinski definition) is 3.